The third kappa shape index (κ3) is 2.76. The first-order valence-electron chi connectivity index (χ1n) is 9.15. The Morgan fingerprint density at radius 2 is 1.65 bits per heavy atom. The number of hydrogen-bond donors (Lipinski definition) is 0. The van der Waals surface area contributed by atoms with Gasteiger partial charge in [0.25, 0.3) is 0 Å². The second kappa shape index (κ2) is 6.34. The van der Waals surface area contributed by atoms with Crippen LogP contribution in [0, 0.1) is 5.92 Å². The molecule has 26 heavy (non-hydrogen) atoms. The summed E-state index contributed by atoms with van der Waals surface area (Å²) < 4.78 is 2.27. The smallest absolute Gasteiger partial charge is 0.0648 e. The highest BCUT2D eigenvalue weighted by Crippen LogP contribution is 2.27. The Kier molecular flexibility index (Phi) is 3.71. The Morgan fingerprint density at radius 1 is 0.808 bits per heavy atom. The molecule has 2 aromatic heterocycles. The van der Waals surface area contributed by atoms with E-state index in [1.54, 1.807) is 0 Å². The molecule has 0 fully saturated rings. The molecule has 0 saturated heterocycles. The fourth-order valence-electron chi connectivity index (χ4n) is 3.94. The van der Waals surface area contributed by atoms with E-state index in [0.29, 0.717) is 12.0 Å². The lowest BCUT2D eigenvalue weighted by Gasteiger charge is -2.27. The van der Waals surface area contributed by atoms with Crippen LogP contribution in [0.4, 0.5) is 0 Å². The van der Waals surface area contributed by atoms with Crippen molar-refractivity contribution in [2.45, 2.75) is 19.1 Å². The SMILES string of the molecule is C1=CC2C=CN(Cc3cccc(Cn4ccc5ccccc54)n3)C2C=C1. The van der Waals surface area contributed by atoms with Gasteiger partial charge in [-0.1, -0.05) is 54.6 Å². The second-order valence-electron chi connectivity index (χ2n) is 6.97. The molecule has 2 atom stereocenters. The monoisotopic (exact) mass is 339 g/mol. The van der Waals surface area contributed by atoms with E-state index in [4.69, 9.17) is 4.98 Å². The first kappa shape index (κ1) is 15.2. The number of rotatable bonds is 4. The predicted molar refractivity (Wildman–Crippen MR) is 106 cm³/mol. The molecule has 1 aliphatic heterocycles. The van der Waals surface area contributed by atoms with E-state index in [9.17, 15) is 0 Å². The number of benzene rings is 1. The number of aromatic nitrogens is 2. The van der Waals surface area contributed by atoms with Gasteiger partial charge >= 0.3 is 0 Å². The molecule has 1 aromatic carbocycles. The maximum absolute atomic E-state index is 4.92. The number of allylic oxidation sites excluding steroid dienone is 2. The van der Waals surface area contributed by atoms with Crippen molar-refractivity contribution in [3.8, 4) is 0 Å². The lowest BCUT2D eigenvalue weighted by Crippen LogP contribution is -2.30. The number of para-hydroxylation sites is 1. The molecule has 128 valence electrons. The minimum Gasteiger partial charge on any atom is -0.365 e. The molecule has 3 nitrogen and oxygen atoms in total. The van der Waals surface area contributed by atoms with E-state index >= 15 is 0 Å². The van der Waals surface area contributed by atoms with Gasteiger partial charge in [0.15, 0.2) is 0 Å². The van der Waals surface area contributed by atoms with E-state index in [-0.39, 0.29) is 0 Å². The van der Waals surface area contributed by atoms with Crippen LogP contribution in [0.2, 0.25) is 0 Å². The minimum atomic E-state index is 0.429. The maximum Gasteiger partial charge on any atom is 0.0648 e. The average molecular weight is 339 g/mol. The van der Waals surface area contributed by atoms with Crippen LogP contribution in [0.15, 0.2) is 91.3 Å². The van der Waals surface area contributed by atoms with E-state index in [1.165, 1.54) is 10.9 Å². The van der Waals surface area contributed by atoms with Crippen molar-refractivity contribution < 1.29 is 0 Å². The van der Waals surface area contributed by atoms with Crippen molar-refractivity contribution >= 4 is 10.9 Å². The van der Waals surface area contributed by atoms with Gasteiger partial charge in [-0.25, -0.2) is 0 Å². The molecule has 0 spiro atoms. The summed E-state index contributed by atoms with van der Waals surface area (Å²) in [5, 5.41) is 1.27. The third-order valence-electron chi connectivity index (χ3n) is 5.25. The zero-order valence-electron chi connectivity index (χ0n) is 14.6. The van der Waals surface area contributed by atoms with Gasteiger partial charge in [-0.3, -0.25) is 4.98 Å². The van der Waals surface area contributed by atoms with Gasteiger partial charge in [-0.15, -0.1) is 0 Å². The highest BCUT2D eigenvalue weighted by Gasteiger charge is 2.26. The van der Waals surface area contributed by atoms with Crippen LogP contribution >= 0.6 is 0 Å². The van der Waals surface area contributed by atoms with Crippen molar-refractivity contribution in [1.82, 2.24) is 14.5 Å². The summed E-state index contributed by atoms with van der Waals surface area (Å²) >= 11 is 0. The summed E-state index contributed by atoms with van der Waals surface area (Å²) in [6.45, 7) is 1.64. The molecule has 3 heteroatoms. The minimum absolute atomic E-state index is 0.429. The highest BCUT2D eigenvalue weighted by atomic mass is 15.2. The Labute approximate surface area is 153 Å². The van der Waals surface area contributed by atoms with Crippen molar-refractivity contribution in [2.75, 3.05) is 0 Å². The molecule has 3 aromatic rings. The number of fused-ring (bicyclic) bond motifs is 2. The van der Waals surface area contributed by atoms with E-state index < -0.39 is 0 Å². The fraction of sp³-hybridized carbons (Fsp3) is 0.174. The molecule has 0 N–H and O–H groups in total. The maximum atomic E-state index is 4.92. The number of hydrogen-bond acceptors (Lipinski definition) is 2. The lowest BCUT2D eigenvalue weighted by molar-refractivity contribution is 0.307. The van der Waals surface area contributed by atoms with Gasteiger partial charge in [-0.2, -0.15) is 0 Å². The van der Waals surface area contributed by atoms with Crippen molar-refractivity contribution in [1.29, 1.82) is 0 Å². The van der Waals surface area contributed by atoms with Gasteiger partial charge in [0, 0.05) is 17.6 Å². The van der Waals surface area contributed by atoms with Crippen molar-refractivity contribution in [3.05, 3.63) is 103 Å². The summed E-state index contributed by atoms with van der Waals surface area (Å²) in [4.78, 5) is 7.29. The molecule has 2 aliphatic rings. The van der Waals surface area contributed by atoms with Crippen LogP contribution in [0.5, 0.6) is 0 Å². The summed E-state index contributed by atoms with van der Waals surface area (Å²) in [7, 11) is 0. The van der Waals surface area contributed by atoms with Gasteiger partial charge in [0.1, 0.15) is 0 Å². The van der Waals surface area contributed by atoms with Crippen LogP contribution in [0.3, 0.4) is 0 Å². The van der Waals surface area contributed by atoms with Gasteiger partial charge in [-0.05, 0) is 35.9 Å². The zero-order valence-corrected chi connectivity index (χ0v) is 14.6. The van der Waals surface area contributed by atoms with E-state index in [1.807, 2.05) is 0 Å². The van der Waals surface area contributed by atoms with Crippen LogP contribution in [0.25, 0.3) is 10.9 Å². The molecular weight excluding hydrogens is 318 g/mol. The third-order valence-corrected chi connectivity index (χ3v) is 5.25. The molecule has 0 amide bonds. The topological polar surface area (TPSA) is 21.1 Å². The molecule has 3 heterocycles. The van der Waals surface area contributed by atoms with Crippen LogP contribution < -0.4 is 0 Å². The van der Waals surface area contributed by atoms with E-state index in [2.05, 4.69) is 101 Å². The highest BCUT2D eigenvalue weighted by molar-refractivity contribution is 5.79. The Morgan fingerprint density at radius 3 is 2.62 bits per heavy atom. The largest absolute Gasteiger partial charge is 0.365 e. The Hall–Kier alpha value is -3.07. The number of pyridine rings is 1. The molecule has 5 rings (SSSR count). The number of nitrogens with zero attached hydrogens (tertiary/aromatic N) is 3. The summed E-state index contributed by atoms with van der Waals surface area (Å²) in [5.41, 5.74) is 3.47. The van der Waals surface area contributed by atoms with Gasteiger partial charge in [0.05, 0.1) is 30.5 Å². The van der Waals surface area contributed by atoms with Crippen LogP contribution in [-0.2, 0) is 13.1 Å². The molecular formula is C23H21N3. The van der Waals surface area contributed by atoms with Crippen molar-refractivity contribution in [3.63, 3.8) is 0 Å². The van der Waals surface area contributed by atoms with Crippen molar-refractivity contribution in [2.24, 2.45) is 5.92 Å². The van der Waals surface area contributed by atoms with Crippen LogP contribution in [0.1, 0.15) is 11.4 Å². The van der Waals surface area contributed by atoms with E-state index in [0.717, 1.165) is 24.5 Å². The van der Waals surface area contributed by atoms with Gasteiger partial charge < -0.3 is 9.47 Å². The quantitative estimate of drug-likeness (QED) is 0.696. The molecule has 0 radical (unpaired) electrons. The standard InChI is InChI=1S/C23H21N3/c1-3-10-22-18(6-1)12-14-25(22)16-20-8-5-9-21(24-20)17-26-15-13-19-7-2-4-11-23(19)26/h1-15,18,22H,16-17H2. The Bertz CT molecular complexity index is 1020. The zero-order chi connectivity index (χ0) is 17.3. The Balaban J connectivity index is 1.35. The first-order chi connectivity index (χ1) is 12.9. The van der Waals surface area contributed by atoms with Crippen LogP contribution in [-0.4, -0.2) is 20.5 Å². The summed E-state index contributed by atoms with van der Waals surface area (Å²) in [5.74, 6) is 0.495. The normalized spacial score (nSPS) is 20.8. The second-order valence-corrected chi connectivity index (χ2v) is 6.97. The molecule has 0 saturated carbocycles. The molecule has 1 aliphatic carbocycles. The lowest BCUT2D eigenvalue weighted by atomic mass is 9.97. The average Bonchev–Trinajstić information content (AvgIpc) is 3.27. The summed E-state index contributed by atoms with van der Waals surface area (Å²) in [6, 6.07) is 17.4. The predicted octanol–water partition coefficient (Wildman–Crippen LogP) is 4.52. The first-order valence-corrected chi connectivity index (χ1v) is 9.15. The van der Waals surface area contributed by atoms with Gasteiger partial charge in [0.2, 0.25) is 0 Å². The molecule has 0 bridgehead atoms. The molecule has 2 unspecified atom stereocenters. The fourth-order valence-corrected chi connectivity index (χ4v) is 3.94. The summed E-state index contributed by atoms with van der Waals surface area (Å²) in [6.07, 6.45) is 15.5.